The summed E-state index contributed by atoms with van der Waals surface area (Å²) in [6.07, 6.45) is 49.8. The molecule has 0 aliphatic heterocycles. The standard InChI is InChI=1S/C49H78O2/c1-7-8-9-10-11-12-13-14-15-16-17-18-19-20-21-22-23-24-25-29-47(50)51-42-34-36-48(5)41(38-42)30-31-43-45-33-32-44(40(4)28-26-27-39(2)3)49(45,6)37-35-46(43)48/h11-12,14-15,17-18,20-21,23-24,30,39-40,42-46H,7-10,13,16,19,22,25-29,31-38H2,1-6H3/t40-,42+,43+,44-,45+,46+,48+,49-/m1/s1. The summed E-state index contributed by atoms with van der Waals surface area (Å²) in [6.45, 7) is 14.9. The lowest BCUT2D eigenvalue weighted by molar-refractivity contribution is -0.151. The maximum absolute atomic E-state index is 12.8. The van der Waals surface area contributed by atoms with Crippen LogP contribution in [0.2, 0.25) is 0 Å². The van der Waals surface area contributed by atoms with Crippen molar-refractivity contribution >= 4 is 5.97 Å². The maximum Gasteiger partial charge on any atom is 0.306 e. The number of unbranched alkanes of at least 4 members (excludes halogenated alkanes) is 3. The number of fused-ring (bicyclic) bond motifs is 5. The fraction of sp³-hybridized carbons (Fsp3) is 0.735. The summed E-state index contributed by atoms with van der Waals surface area (Å²) < 4.78 is 6.09. The highest BCUT2D eigenvalue weighted by molar-refractivity contribution is 5.69. The lowest BCUT2D eigenvalue weighted by Crippen LogP contribution is -2.51. The molecule has 51 heavy (non-hydrogen) atoms. The van der Waals surface area contributed by atoms with Crippen molar-refractivity contribution in [3.05, 3.63) is 72.4 Å². The van der Waals surface area contributed by atoms with E-state index in [1.165, 1.54) is 83.5 Å². The molecule has 0 aromatic rings. The summed E-state index contributed by atoms with van der Waals surface area (Å²) in [5, 5.41) is 0. The number of allylic oxidation sites excluding steroid dienone is 11. The van der Waals surface area contributed by atoms with Gasteiger partial charge in [-0.05, 0) is 136 Å². The molecule has 0 radical (unpaired) electrons. The second-order valence-corrected chi connectivity index (χ2v) is 18.0. The Labute approximate surface area is 315 Å². The molecule has 4 rings (SSSR count). The lowest BCUT2D eigenvalue weighted by atomic mass is 9.47. The number of hydrogen-bond donors (Lipinski definition) is 0. The zero-order valence-electron chi connectivity index (χ0n) is 34.1. The van der Waals surface area contributed by atoms with Gasteiger partial charge in [-0.3, -0.25) is 4.79 Å². The molecule has 3 saturated carbocycles. The van der Waals surface area contributed by atoms with E-state index in [0.717, 1.165) is 80.5 Å². The largest absolute Gasteiger partial charge is 0.462 e. The summed E-state index contributed by atoms with van der Waals surface area (Å²) in [4.78, 5) is 12.8. The van der Waals surface area contributed by atoms with E-state index in [4.69, 9.17) is 4.74 Å². The number of esters is 1. The van der Waals surface area contributed by atoms with Gasteiger partial charge in [0.25, 0.3) is 0 Å². The summed E-state index contributed by atoms with van der Waals surface area (Å²) in [5.74, 6) is 5.16. The van der Waals surface area contributed by atoms with Crippen LogP contribution in [0, 0.1) is 46.3 Å². The van der Waals surface area contributed by atoms with Gasteiger partial charge in [0.05, 0.1) is 0 Å². The summed E-state index contributed by atoms with van der Waals surface area (Å²) in [5.41, 5.74) is 2.46. The minimum atomic E-state index is -0.0202. The molecule has 0 heterocycles. The van der Waals surface area contributed by atoms with Crippen molar-refractivity contribution in [2.45, 2.75) is 182 Å². The van der Waals surface area contributed by atoms with Crippen LogP contribution in [-0.4, -0.2) is 12.1 Å². The van der Waals surface area contributed by atoms with Gasteiger partial charge in [0.15, 0.2) is 0 Å². The van der Waals surface area contributed by atoms with Gasteiger partial charge in [0.1, 0.15) is 6.10 Å². The van der Waals surface area contributed by atoms with Gasteiger partial charge in [-0.2, -0.15) is 0 Å². The van der Waals surface area contributed by atoms with Crippen LogP contribution >= 0.6 is 0 Å². The maximum atomic E-state index is 12.8. The average Bonchev–Trinajstić information content (AvgIpc) is 3.46. The second-order valence-electron chi connectivity index (χ2n) is 18.0. The molecule has 0 spiro atoms. The fourth-order valence-electron chi connectivity index (χ4n) is 11.0. The highest BCUT2D eigenvalue weighted by atomic mass is 16.5. The van der Waals surface area contributed by atoms with Crippen molar-refractivity contribution < 1.29 is 9.53 Å². The van der Waals surface area contributed by atoms with Crippen molar-refractivity contribution in [2.24, 2.45) is 46.3 Å². The molecule has 0 saturated heterocycles. The van der Waals surface area contributed by atoms with Crippen LogP contribution in [0.1, 0.15) is 176 Å². The summed E-state index contributed by atoms with van der Waals surface area (Å²) in [7, 11) is 0. The third-order valence-corrected chi connectivity index (χ3v) is 14.0. The van der Waals surface area contributed by atoms with Crippen LogP contribution in [-0.2, 0) is 9.53 Å². The molecule has 8 atom stereocenters. The number of rotatable bonds is 21. The monoisotopic (exact) mass is 699 g/mol. The van der Waals surface area contributed by atoms with E-state index in [2.05, 4.69) is 108 Å². The van der Waals surface area contributed by atoms with Gasteiger partial charge in [0, 0.05) is 12.8 Å². The molecule has 0 bridgehead atoms. The highest BCUT2D eigenvalue weighted by Gasteiger charge is 2.59. The summed E-state index contributed by atoms with van der Waals surface area (Å²) in [6, 6.07) is 0. The Morgan fingerprint density at radius 2 is 1.41 bits per heavy atom. The zero-order chi connectivity index (χ0) is 36.5. The van der Waals surface area contributed by atoms with Gasteiger partial charge in [-0.25, -0.2) is 0 Å². The molecule has 0 aromatic heterocycles. The Morgan fingerprint density at radius 1 is 0.765 bits per heavy atom. The first-order valence-corrected chi connectivity index (χ1v) is 21.8. The molecule has 2 nitrogen and oxygen atoms in total. The fourth-order valence-corrected chi connectivity index (χ4v) is 11.0. The van der Waals surface area contributed by atoms with Crippen LogP contribution in [0.15, 0.2) is 72.4 Å². The second kappa shape index (κ2) is 21.6. The molecular formula is C49H78O2. The Balaban J connectivity index is 1.11. The first kappa shape index (κ1) is 41.7. The predicted molar refractivity (Wildman–Crippen MR) is 220 cm³/mol. The normalized spacial score (nSPS) is 31.6. The molecule has 286 valence electrons. The zero-order valence-corrected chi connectivity index (χ0v) is 34.1. The van der Waals surface area contributed by atoms with E-state index in [1.807, 2.05) is 0 Å². The van der Waals surface area contributed by atoms with Crippen LogP contribution in [0.3, 0.4) is 0 Å². The minimum absolute atomic E-state index is 0.0202. The molecule has 3 fully saturated rings. The molecule has 4 aliphatic rings. The van der Waals surface area contributed by atoms with Crippen molar-refractivity contribution in [3.8, 4) is 0 Å². The molecule has 2 heteroatoms. The van der Waals surface area contributed by atoms with Crippen molar-refractivity contribution in [1.29, 1.82) is 0 Å². The Bertz CT molecular complexity index is 1210. The van der Waals surface area contributed by atoms with Crippen molar-refractivity contribution in [3.63, 3.8) is 0 Å². The van der Waals surface area contributed by atoms with E-state index < -0.39 is 0 Å². The Kier molecular flexibility index (Phi) is 17.6. The van der Waals surface area contributed by atoms with E-state index in [9.17, 15) is 4.79 Å². The third-order valence-electron chi connectivity index (χ3n) is 14.0. The molecule has 0 aromatic carbocycles. The first-order valence-electron chi connectivity index (χ1n) is 21.8. The smallest absolute Gasteiger partial charge is 0.306 e. The van der Waals surface area contributed by atoms with E-state index in [0.29, 0.717) is 17.3 Å². The van der Waals surface area contributed by atoms with Crippen LogP contribution < -0.4 is 0 Å². The van der Waals surface area contributed by atoms with Gasteiger partial charge < -0.3 is 4.74 Å². The van der Waals surface area contributed by atoms with E-state index in [1.54, 1.807) is 5.57 Å². The molecule has 4 aliphatic carbocycles. The molecule has 0 unspecified atom stereocenters. The third kappa shape index (κ3) is 12.2. The molecular weight excluding hydrogens is 621 g/mol. The Hall–Kier alpha value is -2.09. The van der Waals surface area contributed by atoms with E-state index >= 15 is 0 Å². The quantitative estimate of drug-likeness (QED) is 0.0677. The van der Waals surface area contributed by atoms with Gasteiger partial charge in [-0.15, -0.1) is 0 Å². The van der Waals surface area contributed by atoms with Crippen LogP contribution in [0.25, 0.3) is 0 Å². The van der Waals surface area contributed by atoms with Crippen LogP contribution in [0.5, 0.6) is 0 Å². The molecule has 0 N–H and O–H groups in total. The SMILES string of the molecule is CCCCCC=CCC=CCC=CCC=CCC=CCCC(=O)O[C@H]1CC[C@@]2(C)C(=CC[C@H]3[C@@H]4CC[C@H]([C@H](C)CCCC(C)C)[C@@]4(C)CC[C@@H]32)C1. The minimum Gasteiger partial charge on any atom is -0.462 e. The number of ether oxygens (including phenoxy) is 1. The van der Waals surface area contributed by atoms with Gasteiger partial charge in [-0.1, -0.05) is 146 Å². The number of carbonyl (C=O) groups is 1. The summed E-state index contributed by atoms with van der Waals surface area (Å²) >= 11 is 0. The lowest BCUT2D eigenvalue weighted by Gasteiger charge is -2.58. The number of hydrogen-bond acceptors (Lipinski definition) is 2. The number of carbonyl (C=O) groups excluding carboxylic acids is 1. The molecule has 0 amide bonds. The van der Waals surface area contributed by atoms with Gasteiger partial charge >= 0.3 is 5.97 Å². The topological polar surface area (TPSA) is 26.3 Å². The van der Waals surface area contributed by atoms with Crippen molar-refractivity contribution in [2.75, 3.05) is 0 Å². The van der Waals surface area contributed by atoms with Gasteiger partial charge in [0.2, 0.25) is 0 Å². The average molecular weight is 699 g/mol. The first-order chi connectivity index (χ1) is 24.7. The van der Waals surface area contributed by atoms with Crippen molar-refractivity contribution in [1.82, 2.24) is 0 Å². The van der Waals surface area contributed by atoms with Crippen LogP contribution in [0.4, 0.5) is 0 Å². The highest BCUT2D eigenvalue weighted by Crippen LogP contribution is 2.67. The predicted octanol–water partition coefficient (Wildman–Crippen LogP) is 14.6. The Morgan fingerprint density at radius 3 is 2.06 bits per heavy atom. The van der Waals surface area contributed by atoms with E-state index in [-0.39, 0.29) is 12.1 Å².